The molecule has 2 aromatic heterocycles. The summed E-state index contributed by atoms with van der Waals surface area (Å²) in [6.45, 7) is 6.31. The van der Waals surface area contributed by atoms with Crippen LogP contribution in [0.3, 0.4) is 0 Å². The van der Waals surface area contributed by atoms with Crippen molar-refractivity contribution in [3.63, 3.8) is 0 Å². The van der Waals surface area contributed by atoms with Gasteiger partial charge in [-0.15, -0.1) is 5.10 Å². The molecule has 27 heavy (non-hydrogen) atoms. The van der Waals surface area contributed by atoms with Gasteiger partial charge in [0.2, 0.25) is 11.1 Å². The van der Waals surface area contributed by atoms with Crippen molar-refractivity contribution in [2.45, 2.75) is 37.6 Å². The Hall–Kier alpha value is -2.61. The van der Waals surface area contributed by atoms with Gasteiger partial charge < -0.3 is 10.1 Å². The minimum atomic E-state index is -0.292. The number of hydrogen-bond donors (Lipinski definition) is 1. The number of benzene rings is 1. The van der Waals surface area contributed by atoms with Gasteiger partial charge in [-0.2, -0.15) is 4.98 Å². The fraction of sp³-hybridized carbons (Fsp3) is 0.368. The molecule has 0 fully saturated rings. The molecule has 0 bridgehead atoms. The van der Waals surface area contributed by atoms with Gasteiger partial charge in [-0.05, 0) is 51.0 Å². The van der Waals surface area contributed by atoms with Crippen LogP contribution in [0.15, 0.2) is 35.5 Å². The summed E-state index contributed by atoms with van der Waals surface area (Å²) in [6.07, 6.45) is 0.766. The van der Waals surface area contributed by atoms with Gasteiger partial charge in [0.05, 0.1) is 12.4 Å². The average molecular weight is 385 g/mol. The quantitative estimate of drug-likeness (QED) is 0.630. The second-order valence-corrected chi connectivity index (χ2v) is 7.60. The first kappa shape index (κ1) is 19.2. The molecule has 0 aliphatic heterocycles. The van der Waals surface area contributed by atoms with Gasteiger partial charge in [-0.1, -0.05) is 23.9 Å². The van der Waals surface area contributed by atoms with Crippen LogP contribution in [0.1, 0.15) is 23.9 Å². The number of aryl methyl sites for hydroxylation is 2. The van der Waals surface area contributed by atoms with Crippen LogP contribution in [0.5, 0.6) is 5.75 Å². The molecule has 1 unspecified atom stereocenters. The van der Waals surface area contributed by atoms with Crippen molar-refractivity contribution in [1.29, 1.82) is 0 Å². The highest BCUT2D eigenvalue weighted by atomic mass is 32.2. The number of nitrogens with zero attached hydrogens (tertiary/aromatic N) is 4. The number of aromatic nitrogens is 4. The number of carbonyl (C=O) groups is 1. The first-order chi connectivity index (χ1) is 13.0. The first-order valence-corrected chi connectivity index (χ1v) is 9.62. The number of nitrogens with one attached hydrogen (secondary N) is 1. The summed E-state index contributed by atoms with van der Waals surface area (Å²) in [5, 5.41) is 7.66. The third kappa shape index (κ3) is 4.77. The molecule has 0 aliphatic carbocycles. The Morgan fingerprint density at radius 3 is 2.70 bits per heavy atom. The van der Waals surface area contributed by atoms with Gasteiger partial charge in [0.1, 0.15) is 5.75 Å². The Kier molecular flexibility index (Phi) is 5.95. The third-order valence-electron chi connectivity index (χ3n) is 4.12. The molecule has 2 heterocycles. The maximum atomic E-state index is 12.3. The molecule has 1 atom stereocenters. The number of carbonyl (C=O) groups excluding carboxylic acids is 1. The normalized spacial score (nSPS) is 12.1. The molecule has 142 valence electrons. The van der Waals surface area contributed by atoms with Gasteiger partial charge in [-0.3, -0.25) is 4.79 Å². The van der Waals surface area contributed by atoms with Crippen LogP contribution < -0.4 is 10.1 Å². The van der Waals surface area contributed by atoms with E-state index in [4.69, 9.17) is 4.74 Å². The van der Waals surface area contributed by atoms with Crippen LogP contribution in [0, 0.1) is 13.8 Å². The van der Waals surface area contributed by atoms with E-state index in [0.717, 1.165) is 29.1 Å². The second-order valence-electron chi connectivity index (χ2n) is 6.29. The fourth-order valence-electron chi connectivity index (χ4n) is 2.68. The lowest BCUT2D eigenvalue weighted by Gasteiger charge is -2.10. The minimum absolute atomic E-state index is 0.0340. The molecular formula is C19H23N5O2S. The number of amides is 1. The standard InChI is InChI=1S/C19H23N5O2S/c1-12-11-13(2)24-18(21-12)22-19(23-24)27-14(3)17(25)20-10-9-15-5-7-16(26-4)8-6-15/h5-8,11,14H,9-10H2,1-4H3,(H,20,25). The van der Waals surface area contributed by atoms with Crippen LogP contribution in [0.4, 0.5) is 0 Å². The zero-order valence-electron chi connectivity index (χ0n) is 15.9. The van der Waals surface area contributed by atoms with Crippen LogP contribution in [-0.4, -0.2) is 44.4 Å². The minimum Gasteiger partial charge on any atom is -0.497 e. The van der Waals surface area contributed by atoms with E-state index < -0.39 is 0 Å². The van der Waals surface area contributed by atoms with Gasteiger partial charge in [0.25, 0.3) is 5.78 Å². The lowest BCUT2D eigenvalue weighted by Crippen LogP contribution is -2.32. The van der Waals surface area contributed by atoms with Gasteiger partial charge >= 0.3 is 0 Å². The van der Waals surface area contributed by atoms with Crippen molar-refractivity contribution >= 4 is 23.4 Å². The van der Waals surface area contributed by atoms with Crippen molar-refractivity contribution < 1.29 is 9.53 Å². The van der Waals surface area contributed by atoms with Gasteiger partial charge in [0, 0.05) is 17.9 Å². The first-order valence-electron chi connectivity index (χ1n) is 8.74. The predicted octanol–water partition coefficient (Wildman–Crippen LogP) is 2.59. The zero-order valence-corrected chi connectivity index (χ0v) is 16.7. The summed E-state index contributed by atoms with van der Waals surface area (Å²) < 4.78 is 6.84. The largest absolute Gasteiger partial charge is 0.497 e. The zero-order chi connectivity index (χ0) is 19.4. The lowest BCUT2D eigenvalue weighted by atomic mass is 10.1. The molecule has 3 rings (SSSR count). The van der Waals surface area contributed by atoms with Crippen LogP contribution >= 0.6 is 11.8 Å². The van der Waals surface area contributed by atoms with Crippen molar-refractivity contribution in [2.75, 3.05) is 13.7 Å². The molecule has 3 aromatic rings. The molecule has 0 saturated heterocycles. The number of fused-ring (bicyclic) bond motifs is 1. The Balaban J connectivity index is 1.53. The molecule has 7 nitrogen and oxygen atoms in total. The lowest BCUT2D eigenvalue weighted by molar-refractivity contribution is -0.120. The van der Waals surface area contributed by atoms with E-state index in [1.54, 1.807) is 11.6 Å². The summed E-state index contributed by atoms with van der Waals surface area (Å²) in [5.74, 6) is 1.35. The number of rotatable bonds is 7. The summed E-state index contributed by atoms with van der Waals surface area (Å²) in [7, 11) is 1.64. The molecule has 8 heteroatoms. The van der Waals surface area contributed by atoms with Crippen LogP contribution in [0.2, 0.25) is 0 Å². The Bertz CT molecular complexity index is 939. The fourth-order valence-corrected chi connectivity index (χ4v) is 3.45. The average Bonchev–Trinajstić information content (AvgIpc) is 3.04. The van der Waals surface area contributed by atoms with Gasteiger partial charge in [0.15, 0.2) is 0 Å². The molecule has 0 spiro atoms. The molecule has 1 amide bonds. The van der Waals surface area contributed by atoms with Crippen LogP contribution in [-0.2, 0) is 11.2 Å². The molecule has 0 radical (unpaired) electrons. The van der Waals surface area contributed by atoms with Crippen molar-refractivity contribution in [3.8, 4) is 5.75 Å². The highest BCUT2D eigenvalue weighted by Gasteiger charge is 2.17. The number of hydrogen-bond acceptors (Lipinski definition) is 6. The van der Waals surface area contributed by atoms with E-state index in [0.29, 0.717) is 17.5 Å². The second kappa shape index (κ2) is 8.39. The number of methoxy groups -OCH3 is 1. The van der Waals surface area contributed by atoms with Gasteiger partial charge in [-0.25, -0.2) is 9.50 Å². The predicted molar refractivity (Wildman–Crippen MR) is 105 cm³/mol. The van der Waals surface area contributed by atoms with E-state index in [-0.39, 0.29) is 11.2 Å². The van der Waals surface area contributed by atoms with E-state index in [1.807, 2.05) is 51.1 Å². The van der Waals surface area contributed by atoms with E-state index in [1.165, 1.54) is 11.8 Å². The smallest absolute Gasteiger partial charge is 0.253 e. The van der Waals surface area contributed by atoms with Crippen molar-refractivity contribution in [3.05, 3.63) is 47.3 Å². The number of thioether (sulfide) groups is 1. The third-order valence-corrected chi connectivity index (χ3v) is 5.07. The van der Waals surface area contributed by atoms with E-state index in [9.17, 15) is 4.79 Å². The Morgan fingerprint density at radius 2 is 2.00 bits per heavy atom. The Morgan fingerprint density at radius 1 is 1.26 bits per heavy atom. The SMILES string of the molecule is COc1ccc(CCNC(=O)C(C)Sc2nc3nc(C)cc(C)n3n2)cc1. The molecule has 0 aliphatic rings. The topological polar surface area (TPSA) is 81.4 Å². The highest BCUT2D eigenvalue weighted by Crippen LogP contribution is 2.20. The summed E-state index contributed by atoms with van der Waals surface area (Å²) in [5.41, 5.74) is 3.01. The highest BCUT2D eigenvalue weighted by molar-refractivity contribution is 8.00. The van der Waals surface area contributed by atoms with Crippen molar-refractivity contribution in [2.24, 2.45) is 0 Å². The van der Waals surface area contributed by atoms with E-state index in [2.05, 4.69) is 20.4 Å². The maximum absolute atomic E-state index is 12.3. The van der Waals surface area contributed by atoms with Crippen molar-refractivity contribution in [1.82, 2.24) is 24.9 Å². The summed E-state index contributed by atoms with van der Waals surface area (Å²) >= 11 is 1.33. The monoisotopic (exact) mass is 385 g/mol. The summed E-state index contributed by atoms with van der Waals surface area (Å²) in [6, 6.07) is 9.79. The molecular weight excluding hydrogens is 362 g/mol. The van der Waals surface area contributed by atoms with Crippen LogP contribution in [0.25, 0.3) is 5.78 Å². The molecule has 1 aromatic carbocycles. The number of ether oxygens (including phenoxy) is 1. The Labute approximate surface area is 162 Å². The van der Waals surface area contributed by atoms with E-state index >= 15 is 0 Å². The summed E-state index contributed by atoms with van der Waals surface area (Å²) in [4.78, 5) is 21.1. The molecule has 0 saturated carbocycles. The maximum Gasteiger partial charge on any atom is 0.253 e. The molecule has 1 N–H and O–H groups in total.